The monoisotopic (exact) mass is 209 g/mol. The van der Waals surface area contributed by atoms with Crippen LogP contribution in [0.25, 0.3) is 10.8 Å². The molecule has 1 aliphatic heterocycles. The first-order valence-corrected chi connectivity index (χ1v) is 6.22. The molecule has 16 heavy (non-hydrogen) atoms. The van der Waals surface area contributed by atoms with Crippen LogP contribution in [0.2, 0.25) is 0 Å². The summed E-state index contributed by atoms with van der Waals surface area (Å²) < 4.78 is 0. The highest BCUT2D eigenvalue weighted by molar-refractivity contribution is 5.97. The van der Waals surface area contributed by atoms with E-state index in [4.69, 9.17) is 0 Å². The van der Waals surface area contributed by atoms with Gasteiger partial charge in [0.05, 0.1) is 0 Å². The van der Waals surface area contributed by atoms with Gasteiger partial charge in [0, 0.05) is 23.0 Å². The Kier molecular flexibility index (Phi) is 1.62. The first kappa shape index (κ1) is 8.63. The molecule has 1 heteroatoms. The number of fused-ring (bicyclic) bond motifs is 5. The van der Waals surface area contributed by atoms with Gasteiger partial charge in [-0.25, -0.2) is 0 Å². The van der Waals surface area contributed by atoms with Crippen molar-refractivity contribution in [3.63, 3.8) is 0 Å². The standard InChI is InChI=1S/C15H15N/c1-2-5-11-10(4-1)8-9-13-12-6-3-7-14(12)16-15(11)13/h1-2,4-5,8-9,12,14,16H,3,6-7H2. The van der Waals surface area contributed by atoms with E-state index in [2.05, 4.69) is 41.7 Å². The fourth-order valence-corrected chi connectivity index (χ4v) is 3.45. The first-order valence-electron chi connectivity index (χ1n) is 6.22. The van der Waals surface area contributed by atoms with Crippen LogP contribution in [0.5, 0.6) is 0 Å². The van der Waals surface area contributed by atoms with Crippen LogP contribution in [0.3, 0.4) is 0 Å². The number of anilines is 1. The average molecular weight is 209 g/mol. The van der Waals surface area contributed by atoms with Crippen LogP contribution < -0.4 is 5.32 Å². The third-order valence-electron chi connectivity index (χ3n) is 4.21. The largest absolute Gasteiger partial charge is 0.381 e. The molecule has 1 nitrogen and oxygen atoms in total. The summed E-state index contributed by atoms with van der Waals surface area (Å²) in [5.74, 6) is 0.777. The van der Waals surface area contributed by atoms with Crippen LogP contribution in [0.15, 0.2) is 36.4 Å². The van der Waals surface area contributed by atoms with Gasteiger partial charge in [0.1, 0.15) is 0 Å². The molecule has 1 fully saturated rings. The smallest absolute Gasteiger partial charge is 0.0458 e. The molecule has 4 rings (SSSR count). The molecule has 80 valence electrons. The summed E-state index contributed by atoms with van der Waals surface area (Å²) in [5, 5.41) is 6.49. The fraction of sp³-hybridized carbons (Fsp3) is 0.333. The summed E-state index contributed by atoms with van der Waals surface area (Å²) in [6.07, 6.45) is 4.09. The van der Waals surface area contributed by atoms with Crippen LogP contribution in [0.1, 0.15) is 30.7 Å². The number of benzene rings is 2. The molecule has 1 heterocycles. The highest BCUT2D eigenvalue weighted by Crippen LogP contribution is 2.47. The Labute approximate surface area is 95.5 Å². The Morgan fingerprint density at radius 1 is 1.00 bits per heavy atom. The Morgan fingerprint density at radius 3 is 2.94 bits per heavy atom. The Hall–Kier alpha value is -1.50. The van der Waals surface area contributed by atoms with Crippen molar-refractivity contribution >= 4 is 16.5 Å². The SMILES string of the molecule is c1ccc2c3c(ccc2c1)C1CCCC1N3. The summed E-state index contributed by atoms with van der Waals surface area (Å²) in [6.45, 7) is 0. The molecule has 0 amide bonds. The second-order valence-corrected chi connectivity index (χ2v) is 5.04. The van der Waals surface area contributed by atoms with E-state index in [1.807, 2.05) is 0 Å². The molecule has 0 radical (unpaired) electrons. The van der Waals surface area contributed by atoms with Crippen LogP contribution in [-0.2, 0) is 0 Å². The first-order chi connectivity index (χ1) is 7.93. The van der Waals surface area contributed by atoms with E-state index in [9.17, 15) is 0 Å². The Bertz CT molecular complexity index is 558. The van der Waals surface area contributed by atoms with Gasteiger partial charge in [-0.1, -0.05) is 42.8 Å². The van der Waals surface area contributed by atoms with E-state index in [0.29, 0.717) is 6.04 Å². The molecule has 2 unspecified atom stereocenters. The van der Waals surface area contributed by atoms with Gasteiger partial charge in [-0.2, -0.15) is 0 Å². The lowest BCUT2D eigenvalue weighted by atomic mass is 9.95. The molecule has 1 aliphatic carbocycles. The summed E-state index contributed by atoms with van der Waals surface area (Å²) in [5.41, 5.74) is 2.97. The van der Waals surface area contributed by atoms with Crippen LogP contribution in [-0.4, -0.2) is 6.04 Å². The van der Waals surface area contributed by atoms with Crippen LogP contribution >= 0.6 is 0 Å². The predicted molar refractivity (Wildman–Crippen MR) is 68.0 cm³/mol. The highest BCUT2D eigenvalue weighted by atomic mass is 15.0. The quantitative estimate of drug-likeness (QED) is 0.693. The van der Waals surface area contributed by atoms with Crippen molar-refractivity contribution in [2.24, 2.45) is 0 Å². The maximum Gasteiger partial charge on any atom is 0.0458 e. The zero-order valence-corrected chi connectivity index (χ0v) is 9.24. The molecular weight excluding hydrogens is 194 g/mol. The molecular formula is C15H15N. The van der Waals surface area contributed by atoms with E-state index in [-0.39, 0.29) is 0 Å². The van der Waals surface area contributed by atoms with Crippen molar-refractivity contribution in [3.05, 3.63) is 42.0 Å². The van der Waals surface area contributed by atoms with Gasteiger partial charge in [-0.3, -0.25) is 0 Å². The topological polar surface area (TPSA) is 12.0 Å². The summed E-state index contributed by atoms with van der Waals surface area (Å²) in [7, 11) is 0. The second kappa shape index (κ2) is 3.00. The summed E-state index contributed by atoms with van der Waals surface area (Å²) >= 11 is 0. The molecule has 2 aromatic rings. The molecule has 0 aromatic heterocycles. The van der Waals surface area contributed by atoms with Gasteiger partial charge in [-0.15, -0.1) is 0 Å². The number of hydrogen-bond donors (Lipinski definition) is 1. The summed E-state index contributed by atoms with van der Waals surface area (Å²) in [4.78, 5) is 0. The average Bonchev–Trinajstić information content (AvgIpc) is 2.88. The van der Waals surface area contributed by atoms with E-state index >= 15 is 0 Å². The lowest BCUT2D eigenvalue weighted by Crippen LogP contribution is -2.13. The fourth-order valence-electron chi connectivity index (χ4n) is 3.45. The number of nitrogens with one attached hydrogen (secondary N) is 1. The Morgan fingerprint density at radius 2 is 1.94 bits per heavy atom. The van der Waals surface area contributed by atoms with Gasteiger partial charge in [-0.05, 0) is 23.8 Å². The second-order valence-electron chi connectivity index (χ2n) is 5.04. The van der Waals surface area contributed by atoms with E-state index in [1.54, 1.807) is 5.56 Å². The van der Waals surface area contributed by atoms with Crippen molar-refractivity contribution in [2.75, 3.05) is 5.32 Å². The number of rotatable bonds is 0. The molecule has 1 saturated carbocycles. The molecule has 2 aromatic carbocycles. The lowest BCUT2D eigenvalue weighted by Gasteiger charge is -2.08. The van der Waals surface area contributed by atoms with E-state index in [0.717, 1.165) is 5.92 Å². The normalized spacial score (nSPS) is 26.5. The van der Waals surface area contributed by atoms with E-state index < -0.39 is 0 Å². The van der Waals surface area contributed by atoms with Crippen LogP contribution in [0.4, 0.5) is 5.69 Å². The molecule has 0 saturated heterocycles. The van der Waals surface area contributed by atoms with Crippen LogP contribution in [0, 0.1) is 0 Å². The minimum atomic E-state index is 0.709. The van der Waals surface area contributed by atoms with E-state index in [1.165, 1.54) is 35.7 Å². The lowest BCUT2D eigenvalue weighted by molar-refractivity contribution is 0.690. The zero-order valence-electron chi connectivity index (χ0n) is 9.24. The maximum absolute atomic E-state index is 3.74. The molecule has 2 aliphatic rings. The highest BCUT2D eigenvalue weighted by Gasteiger charge is 2.36. The minimum absolute atomic E-state index is 0.709. The summed E-state index contributed by atoms with van der Waals surface area (Å²) in [6, 6.07) is 14.0. The molecule has 0 spiro atoms. The maximum atomic E-state index is 3.74. The molecule has 1 N–H and O–H groups in total. The molecule has 0 bridgehead atoms. The Balaban J connectivity index is 2.00. The third kappa shape index (κ3) is 1.01. The number of hydrogen-bond acceptors (Lipinski definition) is 1. The minimum Gasteiger partial charge on any atom is -0.381 e. The predicted octanol–water partition coefficient (Wildman–Crippen LogP) is 3.90. The van der Waals surface area contributed by atoms with Crippen molar-refractivity contribution in [2.45, 2.75) is 31.2 Å². The van der Waals surface area contributed by atoms with Gasteiger partial charge in [0.2, 0.25) is 0 Å². The van der Waals surface area contributed by atoms with Crippen molar-refractivity contribution in [3.8, 4) is 0 Å². The van der Waals surface area contributed by atoms with Crippen molar-refractivity contribution in [1.29, 1.82) is 0 Å². The zero-order chi connectivity index (χ0) is 10.5. The van der Waals surface area contributed by atoms with Gasteiger partial charge < -0.3 is 5.32 Å². The van der Waals surface area contributed by atoms with Crippen molar-refractivity contribution in [1.82, 2.24) is 0 Å². The van der Waals surface area contributed by atoms with Gasteiger partial charge >= 0.3 is 0 Å². The van der Waals surface area contributed by atoms with Gasteiger partial charge in [0.15, 0.2) is 0 Å². The third-order valence-corrected chi connectivity index (χ3v) is 4.21. The van der Waals surface area contributed by atoms with Gasteiger partial charge in [0.25, 0.3) is 0 Å². The molecule has 2 atom stereocenters. The van der Waals surface area contributed by atoms with Crippen molar-refractivity contribution < 1.29 is 0 Å².